The average molecular weight is 532 g/mol. The number of carbonyl (C=O) groups excluding carboxylic acids is 1. The van der Waals surface area contributed by atoms with Crippen LogP contribution in [0, 0.1) is 0 Å². The maximum atomic E-state index is 10.6. The molecule has 0 saturated heterocycles. The summed E-state index contributed by atoms with van der Waals surface area (Å²) < 4.78 is 7.08. The standard InChI is InChI=1S/C31H28Cl2O2Si/c1-31(2,3)36(26-12-6-4-7-13-26,27-14-8-5-9-15-27)35-25-18-16-24(17-19-25)30-28(32)21-23(11-10-20-34)22-29(30)33/h4-22H,1-3H3. The van der Waals surface area contributed by atoms with Crippen molar-refractivity contribution in [1.82, 2.24) is 0 Å². The van der Waals surface area contributed by atoms with Crippen LogP contribution in [-0.2, 0) is 4.79 Å². The van der Waals surface area contributed by atoms with Crippen molar-refractivity contribution in [3.8, 4) is 16.9 Å². The molecule has 0 atom stereocenters. The molecule has 4 aromatic carbocycles. The Hall–Kier alpha value is -3.11. The first-order valence-corrected chi connectivity index (χ1v) is 14.4. The van der Waals surface area contributed by atoms with E-state index in [1.54, 1.807) is 18.2 Å². The van der Waals surface area contributed by atoms with Gasteiger partial charge in [-0.2, -0.15) is 0 Å². The normalized spacial score (nSPS) is 12.0. The summed E-state index contributed by atoms with van der Waals surface area (Å²) in [5.41, 5.74) is 2.41. The summed E-state index contributed by atoms with van der Waals surface area (Å²) in [4.78, 5) is 10.6. The van der Waals surface area contributed by atoms with Gasteiger partial charge in [0, 0.05) is 5.56 Å². The summed E-state index contributed by atoms with van der Waals surface area (Å²) >= 11 is 13.2. The number of hydrogen-bond donors (Lipinski definition) is 0. The van der Waals surface area contributed by atoms with Crippen molar-refractivity contribution in [3.63, 3.8) is 0 Å². The SMILES string of the molecule is CC(C)(C)[Si](Oc1ccc(-c2c(Cl)cc(C=CC=O)cc2Cl)cc1)(c1ccccc1)c1ccccc1. The summed E-state index contributed by atoms with van der Waals surface area (Å²) in [5.74, 6) is 0.797. The Morgan fingerprint density at radius 1 is 0.750 bits per heavy atom. The van der Waals surface area contributed by atoms with E-state index < -0.39 is 8.32 Å². The number of halogens is 2. The minimum Gasteiger partial charge on any atom is -0.534 e. The molecule has 2 nitrogen and oxygen atoms in total. The van der Waals surface area contributed by atoms with Crippen molar-refractivity contribution in [3.05, 3.63) is 119 Å². The highest BCUT2D eigenvalue weighted by molar-refractivity contribution is 7.00. The van der Waals surface area contributed by atoms with Crippen molar-refractivity contribution in [2.24, 2.45) is 0 Å². The summed E-state index contributed by atoms with van der Waals surface area (Å²) in [6.07, 6.45) is 3.81. The largest absolute Gasteiger partial charge is 0.534 e. The summed E-state index contributed by atoms with van der Waals surface area (Å²) in [6, 6.07) is 32.7. The molecule has 0 amide bonds. The predicted molar refractivity (Wildman–Crippen MR) is 155 cm³/mol. The fourth-order valence-electron chi connectivity index (χ4n) is 4.63. The van der Waals surface area contributed by atoms with E-state index in [9.17, 15) is 4.79 Å². The first-order valence-electron chi connectivity index (χ1n) is 11.8. The monoisotopic (exact) mass is 530 g/mol. The molecule has 0 unspecified atom stereocenters. The quantitative estimate of drug-likeness (QED) is 0.138. The number of rotatable bonds is 7. The van der Waals surface area contributed by atoms with Gasteiger partial charge in [-0.3, -0.25) is 4.79 Å². The molecule has 0 N–H and O–H groups in total. The highest BCUT2D eigenvalue weighted by Gasteiger charge is 2.52. The van der Waals surface area contributed by atoms with Crippen molar-refractivity contribution < 1.29 is 9.22 Å². The van der Waals surface area contributed by atoms with Gasteiger partial charge < -0.3 is 4.43 Å². The van der Waals surface area contributed by atoms with Crippen molar-refractivity contribution in [2.75, 3.05) is 0 Å². The third-order valence-corrected chi connectivity index (χ3v) is 11.8. The molecule has 0 radical (unpaired) electrons. The van der Waals surface area contributed by atoms with Crippen LogP contribution in [0.1, 0.15) is 26.3 Å². The summed E-state index contributed by atoms with van der Waals surface area (Å²) in [7, 11) is -2.72. The van der Waals surface area contributed by atoms with E-state index in [-0.39, 0.29) is 5.04 Å². The molecule has 36 heavy (non-hydrogen) atoms. The number of aldehydes is 1. The number of allylic oxidation sites excluding steroid dienone is 1. The predicted octanol–water partition coefficient (Wildman–Crippen LogP) is 7.81. The van der Waals surface area contributed by atoms with Crippen LogP contribution >= 0.6 is 23.2 Å². The Labute approximate surface area is 224 Å². The van der Waals surface area contributed by atoms with Gasteiger partial charge >= 0.3 is 8.32 Å². The molecule has 0 saturated carbocycles. The van der Waals surface area contributed by atoms with Crippen LogP contribution in [0.4, 0.5) is 0 Å². The molecular formula is C31H28Cl2O2Si. The van der Waals surface area contributed by atoms with E-state index >= 15 is 0 Å². The lowest BCUT2D eigenvalue weighted by Crippen LogP contribution is -2.68. The van der Waals surface area contributed by atoms with E-state index in [2.05, 4.69) is 69.3 Å². The first kappa shape index (κ1) is 26.0. The van der Waals surface area contributed by atoms with Crippen LogP contribution in [0.5, 0.6) is 5.75 Å². The highest BCUT2D eigenvalue weighted by atomic mass is 35.5. The molecule has 0 aliphatic carbocycles. The first-order chi connectivity index (χ1) is 17.3. The summed E-state index contributed by atoms with van der Waals surface area (Å²) in [6.45, 7) is 6.77. The zero-order chi connectivity index (χ0) is 25.8. The third-order valence-electron chi connectivity index (χ3n) is 6.26. The topological polar surface area (TPSA) is 26.3 Å². The third kappa shape index (κ3) is 5.19. The van der Waals surface area contributed by atoms with E-state index in [0.29, 0.717) is 10.0 Å². The molecule has 0 aromatic heterocycles. The Bertz CT molecular complexity index is 1300. The van der Waals surface area contributed by atoms with Gasteiger partial charge in [-0.1, -0.05) is 123 Å². The fraction of sp³-hybridized carbons (Fsp3) is 0.129. The molecule has 4 aromatic rings. The average Bonchev–Trinajstić information content (AvgIpc) is 2.87. The second-order valence-corrected chi connectivity index (χ2v) is 14.7. The molecule has 0 bridgehead atoms. The van der Waals surface area contributed by atoms with E-state index in [1.165, 1.54) is 16.4 Å². The molecule has 0 heterocycles. The van der Waals surface area contributed by atoms with E-state index in [1.807, 2.05) is 36.4 Å². The lowest BCUT2D eigenvalue weighted by Gasteiger charge is -2.43. The number of hydrogen-bond acceptors (Lipinski definition) is 2. The van der Waals surface area contributed by atoms with Crippen LogP contribution in [0.3, 0.4) is 0 Å². The lowest BCUT2D eigenvalue weighted by molar-refractivity contribution is -0.104. The molecule has 182 valence electrons. The Balaban J connectivity index is 1.77. The molecule has 5 heteroatoms. The maximum absolute atomic E-state index is 10.6. The highest BCUT2D eigenvalue weighted by Crippen LogP contribution is 2.40. The Kier molecular flexibility index (Phi) is 7.84. The van der Waals surface area contributed by atoms with Crippen LogP contribution in [0.25, 0.3) is 17.2 Å². The van der Waals surface area contributed by atoms with Gasteiger partial charge in [0.1, 0.15) is 12.0 Å². The number of carbonyl (C=O) groups is 1. The second kappa shape index (κ2) is 10.9. The van der Waals surface area contributed by atoms with Crippen LogP contribution < -0.4 is 14.8 Å². The van der Waals surface area contributed by atoms with E-state index in [0.717, 1.165) is 28.7 Å². The van der Waals surface area contributed by atoms with E-state index in [4.69, 9.17) is 27.6 Å². The minimum atomic E-state index is -2.72. The molecule has 0 spiro atoms. The van der Waals surface area contributed by atoms with Crippen molar-refractivity contribution in [2.45, 2.75) is 25.8 Å². The van der Waals surface area contributed by atoms with Gasteiger partial charge in [-0.05, 0) is 56.9 Å². The van der Waals surface area contributed by atoms with Crippen molar-refractivity contribution >= 4 is 54.3 Å². The summed E-state index contributed by atoms with van der Waals surface area (Å²) in [5, 5.41) is 3.35. The van der Waals surface area contributed by atoms with Gasteiger partial charge in [-0.25, -0.2) is 0 Å². The zero-order valence-electron chi connectivity index (χ0n) is 20.5. The molecule has 0 aliphatic heterocycles. The maximum Gasteiger partial charge on any atom is 0.319 e. The molecular weight excluding hydrogens is 503 g/mol. The van der Waals surface area contributed by atoms with Gasteiger partial charge in [0.15, 0.2) is 0 Å². The van der Waals surface area contributed by atoms with Crippen LogP contribution in [0.15, 0.2) is 103 Å². The molecule has 4 rings (SSSR count). The Morgan fingerprint density at radius 2 is 1.25 bits per heavy atom. The Morgan fingerprint density at radius 3 is 1.69 bits per heavy atom. The minimum absolute atomic E-state index is 0.133. The number of benzene rings is 4. The van der Waals surface area contributed by atoms with Crippen LogP contribution in [-0.4, -0.2) is 14.6 Å². The van der Waals surface area contributed by atoms with Gasteiger partial charge in [0.05, 0.1) is 10.0 Å². The smallest absolute Gasteiger partial charge is 0.319 e. The van der Waals surface area contributed by atoms with Gasteiger partial charge in [0.25, 0.3) is 0 Å². The second-order valence-electron chi connectivity index (χ2n) is 9.64. The zero-order valence-corrected chi connectivity index (χ0v) is 23.1. The van der Waals surface area contributed by atoms with Crippen LogP contribution in [0.2, 0.25) is 15.1 Å². The lowest BCUT2D eigenvalue weighted by atomic mass is 10.0. The molecule has 0 fully saturated rings. The van der Waals surface area contributed by atoms with Gasteiger partial charge in [-0.15, -0.1) is 0 Å². The fourth-order valence-corrected chi connectivity index (χ4v) is 9.77. The van der Waals surface area contributed by atoms with Gasteiger partial charge in [0.2, 0.25) is 0 Å². The van der Waals surface area contributed by atoms with Crippen molar-refractivity contribution in [1.29, 1.82) is 0 Å². The molecule has 0 aliphatic rings.